The second-order valence-corrected chi connectivity index (χ2v) is 4.96. The Balaban J connectivity index is 0.000000325. The SMILES string of the molecule is CC1CCC(C(C)C)CC1.CCOC(=O)O. The third kappa shape index (κ3) is 7.55. The third-order valence-electron chi connectivity index (χ3n) is 3.27. The van der Waals surface area contributed by atoms with Gasteiger partial charge in [-0.05, 0) is 37.5 Å². The summed E-state index contributed by atoms with van der Waals surface area (Å²) in [4.78, 5) is 9.38. The topological polar surface area (TPSA) is 46.5 Å². The Labute approximate surface area is 99.2 Å². The minimum Gasteiger partial charge on any atom is -0.450 e. The molecule has 3 heteroatoms. The Bertz CT molecular complexity index is 182. The second-order valence-electron chi connectivity index (χ2n) is 4.96. The predicted octanol–water partition coefficient (Wildman–Crippen LogP) is 4.17. The maximum atomic E-state index is 9.38. The van der Waals surface area contributed by atoms with Crippen LogP contribution in [0.2, 0.25) is 0 Å². The van der Waals surface area contributed by atoms with Gasteiger partial charge in [0.15, 0.2) is 0 Å². The monoisotopic (exact) mass is 230 g/mol. The summed E-state index contributed by atoms with van der Waals surface area (Å²) in [6.07, 6.45) is 4.71. The van der Waals surface area contributed by atoms with Crippen molar-refractivity contribution in [3.63, 3.8) is 0 Å². The highest BCUT2D eigenvalue weighted by atomic mass is 16.7. The van der Waals surface area contributed by atoms with Crippen molar-refractivity contribution >= 4 is 6.16 Å². The zero-order chi connectivity index (χ0) is 12.6. The van der Waals surface area contributed by atoms with E-state index in [1.165, 1.54) is 25.7 Å². The van der Waals surface area contributed by atoms with Crippen molar-refractivity contribution in [2.45, 2.75) is 53.4 Å². The molecule has 0 bridgehead atoms. The van der Waals surface area contributed by atoms with E-state index in [1.54, 1.807) is 6.92 Å². The molecule has 0 aromatic heterocycles. The molecule has 0 spiro atoms. The lowest BCUT2D eigenvalue weighted by molar-refractivity contribution is 0.0966. The predicted molar refractivity (Wildman–Crippen MR) is 65.6 cm³/mol. The molecule has 1 aliphatic carbocycles. The Hall–Kier alpha value is -0.730. The summed E-state index contributed by atoms with van der Waals surface area (Å²) in [7, 11) is 0. The van der Waals surface area contributed by atoms with Gasteiger partial charge >= 0.3 is 6.16 Å². The summed E-state index contributed by atoms with van der Waals surface area (Å²) in [5.74, 6) is 2.97. The molecule has 1 N–H and O–H groups in total. The van der Waals surface area contributed by atoms with Gasteiger partial charge in [0.05, 0.1) is 6.61 Å². The first-order chi connectivity index (χ1) is 7.47. The highest BCUT2D eigenvalue weighted by molar-refractivity contribution is 5.56. The molecule has 1 aliphatic rings. The zero-order valence-corrected chi connectivity index (χ0v) is 11.0. The molecule has 0 radical (unpaired) electrons. The molecule has 0 heterocycles. The maximum Gasteiger partial charge on any atom is 0.505 e. The molecule has 0 atom stereocenters. The fraction of sp³-hybridized carbons (Fsp3) is 0.923. The summed E-state index contributed by atoms with van der Waals surface area (Å²) in [6.45, 7) is 8.96. The van der Waals surface area contributed by atoms with Crippen molar-refractivity contribution in [2.24, 2.45) is 17.8 Å². The van der Waals surface area contributed by atoms with Crippen molar-refractivity contribution in [3.8, 4) is 0 Å². The Morgan fingerprint density at radius 1 is 1.31 bits per heavy atom. The summed E-state index contributed by atoms with van der Waals surface area (Å²) < 4.78 is 3.96. The minimum atomic E-state index is -1.21. The lowest BCUT2D eigenvalue weighted by Gasteiger charge is -2.28. The number of rotatable bonds is 2. The molecule has 1 saturated carbocycles. The molecule has 96 valence electrons. The van der Waals surface area contributed by atoms with Gasteiger partial charge in [-0.25, -0.2) is 4.79 Å². The number of carboxylic acid groups (broad SMARTS) is 1. The quantitative estimate of drug-likeness (QED) is 0.724. The first kappa shape index (κ1) is 15.3. The van der Waals surface area contributed by atoms with Crippen molar-refractivity contribution in [2.75, 3.05) is 6.61 Å². The maximum absolute atomic E-state index is 9.38. The molecule has 16 heavy (non-hydrogen) atoms. The lowest BCUT2D eigenvalue weighted by Crippen LogP contribution is -2.16. The van der Waals surface area contributed by atoms with Crippen molar-refractivity contribution < 1.29 is 14.6 Å². The van der Waals surface area contributed by atoms with E-state index < -0.39 is 6.16 Å². The first-order valence-corrected chi connectivity index (χ1v) is 6.33. The molecule has 0 saturated heterocycles. The van der Waals surface area contributed by atoms with Gasteiger partial charge in [-0.3, -0.25) is 0 Å². The lowest BCUT2D eigenvalue weighted by atomic mass is 9.78. The summed E-state index contributed by atoms with van der Waals surface area (Å²) in [5, 5.41) is 7.69. The van der Waals surface area contributed by atoms with Crippen LogP contribution in [0.25, 0.3) is 0 Å². The van der Waals surface area contributed by atoms with Crippen LogP contribution in [0.3, 0.4) is 0 Å². The molecule has 1 rings (SSSR count). The Kier molecular flexibility index (Phi) is 8.04. The van der Waals surface area contributed by atoms with Gasteiger partial charge in [0.1, 0.15) is 0 Å². The highest BCUT2D eigenvalue weighted by Crippen LogP contribution is 2.32. The molecule has 3 nitrogen and oxygen atoms in total. The van der Waals surface area contributed by atoms with Gasteiger partial charge in [0.25, 0.3) is 0 Å². The number of hydrogen-bond donors (Lipinski definition) is 1. The summed E-state index contributed by atoms with van der Waals surface area (Å²) >= 11 is 0. The van der Waals surface area contributed by atoms with E-state index in [1.807, 2.05) is 0 Å². The highest BCUT2D eigenvalue weighted by Gasteiger charge is 2.19. The van der Waals surface area contributed by atoms with E-state index in [4.69, 9.17) is 5.11 Å². The van der Waals surface area contributed by atoms with Crippen molar-refractivity contribution in [1.82, 2.24) is 0 Å². The average Bonchev–Trinajstić information content (AvgIpc) is 2.19. The van der Waals surface area contributed by atoms with E-state index in [0.717, 1.165) is 17.8 Å². The Morgan fingerprint density at radius 2 is 1.81 bits per heavy atom. The molecule has 0 aromatic carbocycles. The normalized spacial score (nSPS) is 24.6. The number of carbonyl (C=O) groups is 1. The summed E-state index contributed by atoms with van der Waals surface area (Å²) in [6, 6.07) is 0. The number of ether oxygens (including phenoxy) is 1. The van der Waals surface area contributed by atoms with Gasteiger partial charge in [0, 0.05) is 0 Å². The van der Waals surface area contributed by atoms with Gasteiger partial charge in [0.2, 0.25) is 0 Å². The standard InChI is InChI=1S/C10H20.C3H6O3/c1-8(2)10-6-4-9(3)5-7-10;1-2-6-3(4)5/h8-10H,4-7H2,1-3H3;2H2,1H3,(H,4,5). The van der Waals surface area contributed by atoms with Crippen molar-refractivity contribution in [3.05, 3.63) is 0 Å². The van der Waals surface area contributed by atoms with Crippen LogP contribution in [0, 0.1) is 17.8 Å². The first-order valence-electron chi connectivity index (χ1n) is 6.33. The molecule has 1 fully saturated rings. The van der Waals surface area contributed by atoms with Crippen LogP contribution in [0.4, 0.5) is 4.79 Å². The molecule has 0 aliphatic heterocycles. The van der Waals surface area contributed by atoms with E-state index in [0.29, 0.717) is 0 Å². The van der Waals surface area contributed by atoms with Crippen LogP contribution in [-0.4, -0.2) is 17.9 Å². The smallest absolute Gasteiger partial charge is 0.450 e. The molecular weight excluding hydrogens is 204 g/mol. The minimum absolute atomic E-state index is 0.231. The molecule has 0 aromatic rings. The fourth-order valence-corrected chi connectivity index (χ4v) is 2.08. The van der Waals surface area contributed by atoms with Crippen LogP contribution in [-0.2, 0) is 4.74 Å². The second kappa shape index (κ2) is 8.43. The van der Waals surface area contributed by atoms with Gasteiger partial charge in [-0.1, -0.05) is 33.6 Å². The van der Waals surface area contributed by atoms with Crippen LogP contribution in [0.15, 0.2) is 0 Å². The summed E-state index contributed by atoms with van der Waals surface area (Å²) in [5.41, 5.74) is 0. The van der Waals surface area contributed by atoms with Gasteiger partial charge in [-0.15, -0.1) is 0 Å². The van der Waals surface area contributed by atoms with E-state index in [-0.39, 0.29) is 6.61 Å². The third-order valence-corrected chi connectivity index (χ3v) is 3.27. The van der Waals surface area contributed by atoms with Gasteiger partial charge < -0.3 is 9.84 Å². The van der Waals surface area contributed by atoms with E-state index in [2.05, 4.69) is 25.5 Å². The molecule has 0 amide bonds. The van der Waals surface area contributed by atoms with Crippen LogP contribution in [0.1, 0.15) is 53.4 Å². The van der Waals surface area contributed by atoms with Gasteiger partial charge in [-0.2, -0.15) is 0 Å². The Morgan fingerprint density at radius 3 is 2.06 bits per heavy atom. The van der Waals surface area contributed by atoms with Crippen molar-refractivity contribution in [1.29, 1.82) is 0 Å². The molecule has 0 unspecified atom stereocenters. The largest absolute Gasteiger partial charge is 0.505 e. The van der Waals surface area contributed by atoms with Crippen LogP contribution in [0.5, 0.6) is 0 Å². The molecular formula is C13H26O3. The average molecular weight is 230 g/mol. The van der Waals surface area contributed by atoms with Crippen LogP contribution >= 0.6 is 0 Å². The van der Waals surface area contributed by atoms with Crippen LogP contribution < -0.4 is 0 Å². The van der Waals surface area contributed by atoms with E-state index in [9.17, 15) is 4.79 Å². The fourth-order valence-electron chi connectivity index (χ4n) is 2.08. The van der Waals surface area contributed by atoms with E-state index >= 15 is 0 Å². The number of hydrogen-bond acceptors (Lipinski definition) is 2. The zero-order valence-electron chi connectivity index (χ0n) is 11.0.